The Morgan fingerprint density at radius 2 is 1.82 bits per heavy atom. The van der Waals surface area contributed by atoms with E-state index in [4.69, 9.17) is 9.47 Å². The average Bonchev–Trinajstić information content (AvgIpc) is 2.59. The van der Waals surface area contributed by atoms with Crippen molar-refractivity contribution in [2.45, 2.75) is 6.10 Å². The van der Waals surface area contributed by atoms with E-state index in [0.717, 1.165) is 11.3 Å². The van der Waals surface area contributed by atoms with Gasteiger partial charge in [0.05, 0.1) is 6.54 Å². The molecule has 0 spiro atoms. The Morgan fingerprint density at radius 1 is 1.09 bits per heavy atom. The van der Waals surface area contributed by atoms with Gasteiger partial charge in [0.25, 0.3) is 0 Å². The van der Waals surface area contributed by atoms with Gasteiger partial charge in [-0.25, -0.2) is 0 Å². The van der Waals surface area contributed by atoms with E-state index in [-0.39, 0.29) is 12.0 Å². The minimum atomic E-state index is -0.177. The second-order valence-electron chi connectivity index (χ2n) is 4.99. The highest BCUT2D eigenvalue weighted by atomic mass is 16.6. The fourth-order valence-corrected chi connectivity index (χ4v) is 2.17. The van der Waals surface area contributed by atoms with E-state index in [0.29, 0.717) is 18.9 Å². The predicted molar refractivity (Wildman–Crippen MR) is 84.8 cm³/mol. The van der Waals surface area contributed by atoms with Gasteiger partial charge in [-0.3, -0.25) is 4.79 Å². The lowest BCUT2D eigenvalue weighted by molar-refractivity contribution is -0.116. The van der Waals surface area contributed by atoms with Crippen LogP contribution in [-0.4, -0.2) is 25.2 Å². The quantitative estimate of drug-likeness (QED) is 0.882. The van der Waals surface area contributed by atoms with Gasteiger partial charge < -0.3 is 14.8 Å². The lowest BCUT2D eigenvalue weighted by atomic mass is 10.2. The second-order valence-corrected chi connectivity index (χ2v) is 4.99. The van der Waals surface area contributed by atoms with Crippen molar-refractivity contribution in [1.82, 2.24) is 5.32 Å². The first kappa shape index (κ1) is 14.2. The van der Waals surface area contributed by atoms with Gasteiger partial charge in [0.2, 0.25) is 5.91 Å². The molecule has 1 heterocycles. The maximum Gasteiger partial charge on any atom is 0.244 e. The second kappa shape index (κ2) is 6.80. The van der Waals surface area contributed by atoms with E-state index in [1.54, 1.807) is 6.08 Å². The third-order valence-corrected chi connectivity index (χ3v) is 3.30. The molecule has 0 fully saturated rings. The molecule has 0 radical (unpaired) electrons. The number of hydrogen-bond donors (Lipinski definition) is 1. The highest BCUT2D eigenvalue weighted by Crippen LogP contribution is 2.30. The number of rotatable bonds is 4. The Morgan fingerprint density at radius 3 is 2.64 bits per heavy atom. The molecule has 1 aliphatic heterocycles. The Balaban J connectivity index is 1.49. The molecule has 2 aromatic rings. The van der Waals surface area contributed by atoms with Crippen LogP contribution in [-0.2, 0) is 4.79 Å². The summed E-state index contributed by atoms with van der Waals surface area (Å²) in [6, 6.07) is 17.2. The number of carbonyl (C=O) groups is 1. The summed E-state index contributed by atoms with van der Waals surface area (Å²) in [4.78, 5) is 11.8. The van der Waals surface area contributed by atoms with Crippen LogP contribution < -0.4 is 14.8 Å². The minimum absolute atomic E-state index is 0.147. The fraction of sp³-hybridized carbons (Fsp3) is 0.167. The van der Waals surface area contributed by atoms with Crippen LogP contribution in [0, 0.1) is 0 Å². The molecule has 22 heavy (non-hydrogen) atoms. The van der Waals surface area contributed by atoms with Crippen LogP contribution in [0.2, 0.25) is 0 Å². The fourth-order valence-electron chi connectivity index (χ4n) is 2.17. The highest BCUT2D eigenvalue weighted by Gasteiger charge is 2.20. The van der Waals surface area contributed by atoms with Crippen LogP contribution in [0.25, 0.3) is 6.08 Å². The lowest BCUT2D eigenvalue weighted by Crippen LogP contribution is -2.40. The van der Waals surface area contributed by atoms with E-state index in [9.17, 15) is 4.79 Å². The van der Waals surface area contributed by atoms with E-state index < -0.39 is 0 Å². The number of ether oxygens (including phenoxy) is 2. The predicted octanol–water partition coefficient (Wildman–Crippen LogP) is 2.66. The first-order valence-corrected chi connectivity index (χ1v) is 7.21. The van der Waals surface area contributed by atoms with Crippen molar-refractivity contribution in [3.63, 3.8) is 0 Å². The number of nitrogens with one attached hydrogen (secondary N) is 1. The Hall–Kier alpha value is -2.75. The van der Waals surface area contributed by atoms with Crippen LogP contribution in [0.4, 0.5) is 0 Å². The molecular formula is C18H17NO3. The minimum Gasteiger partial charge on any atom is -0.486 e. The van der Waals surface area contributed by atoms with Crippen LogP contribution in [0.15, 0.2) is 60.7 Å². The summed E-state index contributed by atoms with van der Waals surface area (Å²) >= 11 is 0. The summed E-state index contributed by atoms with van der Waals surface area (Å²) in [6.45, 7) is 0.839. The third kappa shape index (κ3) is 3.67. The van der Waals surface area contributed by atoms with Crippen molar-refractivity contribution < 1.29 is 14.3 Å². The molecule has 1 N–H and O–H groups in total. The Bertz CT molecular complexity index is 667. The van der Waals surface area contributed by atoms with E-state index in [1.165, 1.54) is 6.08 Å². The van der Waals surface area contributed by atoms with E-state index in [2.05, 4.69) is 5.32 Å². The molecule has 3 rings (SSSR count). The van der Waals surface area contributed by atoms with E-state index >= 15 is 0 Å². The summed E-state index contributed by atoms with van der Waals surface area (Å²) in [6.07, 6.45) is 3.12. The molecule has 4 nitrogen and oxygen atoms in total. The summed E-state index contributed by atoms with van der Waals surface area (Å²) in [7, 11) is 0. The molecule has 0 aromatic heterocycles. The molecule has 4 heteroatoms. The van der Waals surface area contributed by atoms with Crippen molar-refractivity contribution >= 4 is 12.0 Å². The monoisotopic (exact) mass is 295 g/mol. The largest absolute Gasteiger partial charge is 0.486 e. The molecule has 0 saturated carbocycles. The number of benzene rings is 2. The van der Waals surface area contributed by atoms with Gasteiger partial charge in [-0.2, -0.15) is 0 Å². The van der Waals surface area contributed by atoms with Gasteiger partial charge in [-0.15, -0.1) is 0 Å². The number of para-hydroxylation sites is 2. The van der Waals surface area contributed by atoms with Crippen LogP contribution >= 0.6 is 0 Å². The number of fused-ring (bicyclic) bond motifs is 1. The first-order valence-electron chi connectivity index (χ1n) is 7.21. The van der Waals surface area contributed by atoms with Crippen LogP contribution in [0.3, 0.4) is 0 Å². The highest BCUT2D eigenvalue weighted by molar-refractivity contribution is 5.91. The molecule has 1 unspecified atom stereocenters. The lowest BCUT2D eigenvalue weighted by Gasteiger charge is -2.26. The normalized spacial score (nSPS) is 16.5. The summed E-state index contributed by atoms with van der Waals surface area (Å²) in [5.41, 5.74) is 0.990. The zero-order valence-corrected chi connectivity index (χ0v) is 12.1. The van der Waals surface area contributed by atoms with Gasteiger partial charge in [0.15, 0.2) is 11.5 Å². The SMILES string of the molecule is O=C(/C=C\c1ccccc1)NCC1COc2ccccc2O1. The van der Waals surface area contributed by atoms with Crippen LogP contribution in [0.5, 0.6) is 11.5 Å². The molecule has 1 atom stereocenters. The van der Waals surface area contributed by atoms with Crippen molar-refractivity contribution in [2.75, 3.05) is 13.2 Å². The first-order chi connectivity index (χ1) is 10.8. The van der Waals surface area contributed by atoms with Crippen LogP contribution in [0.1, 0.15) is 5.56 Å². The maximum atomic E-state index is 11.8. The summed E-state index contributed by atoms with van der Waals surface area (Å²) < 4.78 is 11.4. The zero-order chi connectivity index (χ0) is 15.2. The smallest absolute Gasteiger partial charge is 0.244 e. The third-order valence-electron chi connectivity index (χ3n) is 3.30. The van der Waals surface area contributed by atoms with Gasteiger partial charge >= 0.3 is 0 Å². The number of carbonyl (C=O) groups excluding carboxylic acids is 1. The van der Waals surface area contributed by atoms with Crippen molar-refractivity contribution in [1.29, 1.82) is 0 Å². The standard InChI is InChI=1S/C18H17NO3/c20-18(11-10-14-6-2-1-3-7-14)19-12-15-13-21-16-8-4-5-9-17(16)22-15/h1-11,15H,12-13H2,(H,19,20)/b11-10-. The van der Waals surface area contributed by atoms with Crippen molar-refractivity contribution in [2.24, 2.45) is 0 Å². The summed E-state index contributed by atoms with van der Waals surface area (Å²) in [5.74, 6) is 1.31. The zero-order valence-electron chi connectivity index (χ0n) is 12.1. The number of amides is 1. The molecule has 0 bridgehead atoms. The van der Waals surface area contributed by atoms with Crippen molar-refractivity contribution in [3.8, 4) is 11.5 Å². The Labute approximate surface area is 129 Å². The molecule has 2 aromatic carbocycles. The topological polar surface area (TPSA) is 47.6 Å². The maximum absolute atomic E-state index is 11.8. The molecule has 0 aliphatic carbocycles. The molecule has 1 amide bonds. The van der Waals surface area contributed by atoms with Gasteiger partial charge in [-0.1, -0.05) is 42.5 Å². The molecular weight excluding hydrogens is 278 g/mol. The molecule has 1 aliphatic rings. The van der Waals surface area contributed by atoms with Gasteiger partial charge in [-0.05, 0) is 23.8 Å². The van der Waals surface area contributed by atoms with Crippen molar-refractivity contribution in [3.05, 3.63) is 66.2 Å². The molecule has 0 saturated heterocycles. The van der Waals surface area contributed by atoms with Gasteiger partial charge in [0, 0.05) is 6.08 Å². The Kier molecular flexibility index (Phi) is 4.39. The average molecular weight is 295 g/mol. The van der Waals surface area contributed by atoms with E-state index in [1.807, 2.05) is 54.6 Å². The molecule has 112 valence electrons. The van der Waals surface area contributed by atoms with Gasteiger partial charge in [0.1, 0.15) is 12.7 Å². The number of hydrogen-bond acceptors (Lipinski definition) is 3. The summed E-state index contributed by atoms with van der Waals surface area (Å²) in [5, 5.41) is 2.82.